The quantitative estimate of drug-likeness (QED) is 0.848. The molecule has 130 valence electrons. The summed E-state index contributed by atoms with van der Waals surface area (Å²) in [6, 6.07) is 2.13. The number of primary sulfonamides is 1. The van der Waals surface area contributed by atoms with Gasteiger partial charge in [-0.15, -0.1) is 0 Å². The molecule has 6 nitrogen and oxygen atoms in total. The Hall–Kier alpha value is -1.60. The van der Waals surface area contributed by atoms with Crippen molar-refractivity contribution in [2.45, 2.75) is 50.2 Å². The third kappa shape index (κ3) is 2.69. The van der Waals surface area contributed by atoms with E-state index in [-0.39, 0.29) is 12.6 Å². The number of rotatable bonds is 2. The summed E-state index contributed by atoms with van der Waals surface area (Å²) in [5, 5.41) is 7.68. The number of carbonyl (C=O) groups excluding carboxylic acids is 1. The first kappa shape index (κ1) is 15.9. The second-order valence-corrected chi connectivity index (χ2v) is 8.95. The van der Waals surface area contributed by atoms with Gasteiger partial charge in [-0.1, -0.05) is 6.07 Å². The zero-order chi connectivity index (χ0) is 16.9. The van der Waals surface area contributed by atoms with Crippen LogP contribution in [0.3, 0.4) is 0 Å². The van der Waals surface area contributed by atoms with E-state index < -0.39 is 15.3 Å². The second-order valence-electron chi connectivity index (χ2n) is 7.11. The number of fused-ring (bicyclic) bond motifs is 2. The van der Waals surface area contributed by atoms with Gasteiger partial charge >= 0.3 is 6.03 Å². The molecule has 2 amide bonds. The van der Waals surface area contributed by atoms with Gasteiger partial charge in [0.2, 0.25) is 10.0 Å². The fourth-order valence-electron chi connectivity index (χ4n) is 4.33. The average molecular weight is 349 g/mol. The number of benzene rings is 1. The molecule has 3 N–H and O–H groups in total. The van der Waals surface area contributed by atoms with Crippen molar-refractivity contribution in [3.05, 3.63) is 28.3 Å². The van der Waals surface area contributed by atoms with Crippen molar-refractivity contribution in [3.8, 4) is 0 Å². The lowest BCUT2D eigenvalue weighted by Crippen LogP contribution is -2.37. The number of nitrogens with one attached hydrogen (secondary N) is 1. The first-order valence-corrected chi connectivity index (χ1v) is 10.3. The molecule has 0 bridgehead atoms. The highest BCUT2D eigenvalue weighted by Crippen LogP contribution is 2.38. The lowest BCUT2D eigenvalue weighted by Gasteiger charge is -2.21. The van der Waals surface area contributed by atoms with E-state index in [1.165, 1.54) is 22.3 Å². The third-order valence-electron chi connectivity index (χ3n) is 5.60. The van der Waals surface area contributed by atoms with Gasteiger partial charge in [0.25, 0.3) is 0 Å². The monoisotopic (exact) mass is 349 g/mol. The van der Waals surface area contributed by atoms with Crippen LogP contribution in [0.2, 0.25) is 0 Å². The maximum atomic E-state index is 12.7. The van der Waals surface area contributed by atoms with Crippen molar-refractivity contribution < 1.29 is 13.2 Å². The standard InChI is InChI=1S/C17H23N3O3S/c18-24(22,23)13-7-8-20(10-13)17(21)19-16-14-5-1-3-11(14)9-12-4-2-6-15(12)16/h9,13H,1-8,10H2,(H,19,21)(H2,18,22,23). The fraction of sp³-hybridized carbons (Fsp3) is 0.588. The molecule has 1 fully saturated rings. The highest BCUT2D eigenvalue weighted by molar-refractivity contribution is 7.89. The first-order valence-electron chi connectivity index (χ1n) is 8.67. The first-order chi connectivity index (χ1) is 11.4. The molecule has 1 aromatic rings. The van der Waals surface area contributed by atoms with Gasteiger partial charge in [-0.3, -0.25) is 0 Å². The lowest BCUT2D eigenvalue weighted by molar-refractivity contribution is 0.222. The average Bonchev–Trinajstić information content (AvgIpc) is 3.25. The van der Waals surface area contributed by atoms with Crippen LogP contribution in [0.1, 0.15) is 41.5 Å². The molecule has 1 aromatic carbocycles. The van der Waals surface area contributed by atoms with Crippen LogP contribution in [-0.2, 0) is 35.7 Å². The van der Waals surface area contributed by atoms with Crippen molar-refractivity contribution in [3.63, 3.8) is 0 Å². The normalized spacial score (nSPS) is 22.5. The summed E-state index contributed by atoms with van der Waals surface area (Å²) in [5.74, 6) is 0. The number of hydrogen-bond donors (Lipinski definition) is 2. The van der Waals surface area contributed by atoms with E-state index in [9.17, 15) is 13.2 Å². The highest BCUT2D eigenvalue weighted by Gasteiger charge is 2.34. The molecule has 2 aliphatic carbocycles. The maximum Gasteiger partial charge on any atom is 0.321 e. The highest BCUT2D eigenvalue weighted by atomic mass is 32.2. The van der Waals surface area contributed by atoms with Gasteiger partial charge in [-0.2, -0.15) is 0 Å². The number of nitrogens with two attached hydrogens (primary N) is 1. The third-order valence-corrected chi connectivity index (χ3v) is 6.92. The van der Waals surface area contributed by atoms with Gasteiger partial charge in [0.05, 0.1) is 5.25 Å². The smallest absolute Gasteiger partial charge is 0.321 e. The Labute approximate surface area is 142 Å². The topological polar surface area (TPSA) is 92.5 Å². The predicted octanol–water partition coefficient (Wildman–Crippen LogP) is 1.56. The van der Waals surface area contributed by atoms with Crippen LogP contribution < -0.4 is 10.5 Å². The molecule has 1 saturated heterocycles. The SMILES string of the molecule is NS(=O)(=O)C1CCN(C(=O)Nc2c3c(cc4c2CCC4)CCC3)C1. The molecule has 7 heteroatoms. The second kappa shape index (κ2) is 5.74. The number of amides is 2. The number of sulfonamides is 1. The molecule has 1 unspecified atom stereocenters. The molecular formula is C17H23N3O3S. The number of carbonyl (C=O) groups is 1. The molecule has 0 spiro atoms. The van der Waals surface area contributed by atoms with Gasteiger partial charge in [0.15, 0.2) is 0 Å². The minimum atomic E-state index is -3.58. The Morgan fingerprint density at radius 1 is 1.12 bits per heavy atom. The zero-order valence-electron chi connectivity index (χ0n) is 13.7. The van der Waals surface area contributed by atoms with E-state index >= 15 is 0 Å². The van der Waals surface area contributed by atoms with Crippen molar-refractivity contribution in [2.75, 3.05) is 18.4 Å². The van der Waals surface area contributed by atoms with Crippen LogP contribution in [0, 0.1) is 0 Å². The molecular weight excluding hydrogens is 326 g/mol. The molecule has 1 atom stereocenters. The van der Waals surface area contributed by atoms with Crippen LogP contribution in [-0.4, -0.2) is 37.7 Å². The van der Waals surface area contributed by atoms with E-state index in [0.29, 0.717) is 13.0 Å². The summed E-state index contributed by atoms with van der Waals surface area (Å²) in [6.07, 6.45) is 6.88. The summed E-state index contributed by atoms with van der Waals surface area (Å²) >= 11 is 0. The molecule has 1 aliphatic heterocycles. The Morgan fingerprint density at radius 3 is 2.29 bits per heavy atom. The molecule has 0 radical (unpaired) electrons. The number of anilines is 1. The van der Waals surface area contributed by atoms with Crippen LogP contribution in [0.4, 0.5) is 10.5 Å². The van der Waals surface area contributed by atoms with Crippen LogP contribution in [0.25, 0.3) is 0 Å². The van der Waals surface area contributed by atoms with E-state index in [1.54, 1.807) is 4.90 Å². The molecule has 0 aromatic heterocycles. The van der Waals surface area contributed by atoms with Gasteiger partial charge in [0.1, 0.15) is 0 Å². The Kier molecular flexibility index (Phi) is 3.80. The summed E-state index contributed by atoms with van der Waals surface area (Å²) in [7, 11) is -3.58. The number of urea groups is 1. The van der Waals surface area contributed by atoms with E-state index in [1.807, 2.05) is 0 Å². The molecule has 4 rings (SSSR count). The number of hydrogen-bond acceptors (Lipinski definition) is 3. The van der Waals surface area contributed by atoms with E-state index in [0.717, 1.165) is 44.2 Å². The summed E-state index contributed by atoms with van der Waals surface area (Å²) < 4.78 is 23.0. The van der Waals surface area contributed by atoms with Gasteiger partial charge in [-0.05, 0) is 67.2 Å². The summed E-state index contributed by atoms with van der Waals surface area (Å²) in [4.78, 5) is 14.2. The Balaban J connectivity index is 1.57. The Morgan fingerprint density at radius 2 is 1.75 bits per heavy atom. The maximum absolute atomic E-state index is 12.7. The number of likely N-dealkylation sites (tertiary alicyclic amines) is 1. The number of nitrogens with zero attached hydrogens (tertiary/aromatic N) is 1. The zero-order valence-corrected chi connectivity index (χ0v) is 14.5. The van der Waals surface area contributed by atoms with Gasteiger partial charge in [0, 0.05) is 18.8 Å². The summed E-state index contributed by atoms with van der Waals surface area (Å²) in [6.45, 7) is 0.617. The van der Waals surface area contributed by atoms with Gasteiger partial charge in [-0.25, -0.2) is 18.4 Å². The molecule has 0 saturated carbocycles. The van der Waals surface area contributed by atoms with Crippen LogP contribution >= 0.6 is 0 Å². The van der Waals surface area contributed by atoms with Crippen LogP contribution in [0.15, 0.2) is 6.07 Å². The molecule has 3 aliphatic rings. The number of aryl methyl sites for hydroxylation is 2. The largest absolute Gasteiger partial charge is 0.323 e. The van der Waals surface area contributed by atoms with Crippen molar-refractivity contribution in [1.82, 2.24) is 4.90 Å². The lowest BCUT2D eigenvalue weighted by atomic mass is 9.99. The van der Waals surface area contributed by atoms with E-state index in [2.05, 4.69) is 11.4 Å². The van der Waals surface area contributed by atoms with Crippen LogP contribution in [0.5, 0.6) is 0 Å². The summed E-state index contributed by atoms with van der Waals surface area (Å²) in [5.41, 5.74) is 6.31. The van der Waals surface area contributed by atoms with E-state index in [4.69, 9.17) is 5.14 Å². The molecule has 24 heavy (non-hydrogen) atoms. The predicted molar refractivity (Wildman–Crippen MR) is 92.6 cm³/mol. The minimum absolute atomic E-state index is 0.182. The minimum Gasteiger partial charge on any atom is -0.323 e. The van der Waals surface area contributed by atoms with Crippen molar-refractivity contribution >= 4 is 21.7 Å². The molecule has 1 heterocycles. The van der Waals surface area contributed by atoms with Gasteiger partial charge < -0.3 is 10.2 Å². The Bertz CT molecular complexity index is 772. The van der Waals surface area contributed by atoms with Crippen molar-refractivity contribution in [1.29, 1.82) is 0 Å². The van der Waals surface area contributed by atoms with Crippen molar-refractivity contribution in [2.24, 2.45) is 5.14 Å². The fourth-order valence-corrected chi connectivity index (χ4v) is 5.16.